The van der Waals surface area contributed by atoms with Gasteiger partial charge < -0.3 is 0 Å². The maximum Gasteiger partial charge on any atom is 0.133 e. The minimum Gasteiger partial charge on any atom is -0.300 e. The summed E-state index contributed by atoms with van der Waals surface area (Å²) in [6, 6.07) is 0. The molecule has 0 N–H and O–H groups in total. The van der Waals surface area contributed by atoms with E-state index in [4.69, 9.17) is 0 Å². The lowest BCUT2D eigenvalue weighted by Gasteiger charge is -2.60. The molecule has 0 unspecified atom stereocenters. The van der Waals surface area contributed by atoms with Crippen molar-refractivity contribution in [3.05, 3.63) is 0 Å². The van der Waals surface area contributed by atoms with Gasteiger partial charge in [0.25, 0.3) is 0 Å². The summed E-state index contributed by atoms with van der Waals surface area (Å²) in [7, 11) is 0. The Hall–Kier alpha value is -0.660. The van der Waals surface area contributed by atoms with Crippen LogP contribution in [0.3, 0.4) is 0 Å². The molecule has 0 aromatic rings. The topological polar surface area (TPSA) is 34.1 Å². The average molecular weight is 316 g/mol. The van der Waals surface area contributed by atoms with Crippen LogP contribution in [0.25, 0.3) is 0 Å². The summed E-state index contributed by atoms with van der Waals surface area (Å²) in [4.78, 5) is 24.1. The van der Waals surface area contributed by atoms with Crippen LogP contribution in [-0.4, -0.2) is 11.6 Å². The molecule has 4 aliphatic rings. The molecule has 0 bridgehead atoms. The monoisotopic (exact) mass is 316 g/mol. The molecule has 0 heterocycles. The third kappa shape index (κ3) is 2.12. The SMILES string of the molecule is CC(=O)[C@@H]1CC[C@@H]2[C@H]3CC[C@@H]4CC(=O)CC[C@]4(C)[C@@H]3CC[C@@]21C. The lowest BCUT2D eigenvalue weighted by atomic mass is 9.44. The molecule has 4 rings (SSSR count). The van der Waals surface area contributed by atoms with Gasteiger partial charge in [-0.3, -0.25) is 9.59 Å². The van der Waals surface area contributed by atoms with Gasteiger partial charge in [0, 0.05) is 18.8 Å². The maximum absolute atomic E-state index is 12.2. The predicted molar refractivity (Wildman–Crippen MR) is 90.9 cm³/mol. The van der Waals surface area contributed by atoms with Crippen molar-refractivity contribution < 1.29 is 9.59 Å². The Morgan fingerprint density at radius 3 is 2.43 bits per heavy atom. The van der Waals surface area contributed by atoms with Crippen molar-refractivity contribution in [2.24, 2.45) is 40.4 Å². The summed E-state index contributed by atoms with van der Waals surface area (Å²) in [5, 5.41) is 0. The molecule has 0 spiro atoms. The molecule has 0 radical (unpaired) electrons. The van der Waals surface area contributed by atoms with Gasteiger partial charge in [-0.1, -0.05) is 13.8 Å². The lowest BCUT2D eigenvalue weighted by molar-refractivity contribution is -0.143. The van der Waals surface area contributed by atoms with E-state index >= 15 is 0 Å². The molecule has 4 aliphatic carbocycles. The second-order valence-electron chi connectivity index (χ2n) is 9.68. The highest BCUT2D eigenvalue weighted by Crippen LogP contribution is 2.67. The van der Waals surface area contributed by atoms with Crippen LogP contribution < -0.4 is 0 Å². The van der Waals surface area contributed by atoms with Crippen molar-refractivity contribution in [1.82, 2.24) is 0 Å². The van der Waals surface area contributed by atoms with Gasteiger partial charge in [0.15, 0.2) is 0 Å². The van der Waals surface area contributed by atoms with E-state index in [1.165, 1.54) is 32.1 Å². The van der Waals surface area contributed by atoms with E-state index in [0.29, 0.717) is 28.8 Å². The minimum absolute atomic E-state index is 0.265. The third-order valence-electron chi connectivity index (χ3n) is 8.97. The molecule has 0 saturated heterocycles. The summed E-state index contributed by atoms with van der Waals surface area (Å²) in [5.41, 5.74) is 0.660. The molecular formula is C21H32O2. The highest BCUT2D eigenvalue weighted by molar-refractivity contribution is 5.80. The highest BCUT2D eigenvalue weighted by atomic mass is 16.1. The number of Topliss-reactive ketones (excluding diaryl/α,β-unsaturated/α-hetero) is 2. The van der Waals surface area contributed by atoms with E-state index in [-0.39, 0.29) is 5.41 Å². The Bertz CT molecular complexity index is 538. The number of rotatable bonds is 1. The zero-order valence-electron chi connectivity index (χ0n) is 15.1. The number of hydrogen-bond donors (Lipinski definition) is 0. The minimum atomic E-state index is 0.265. The van der Waals surface area contributed by atoms with E-state index in [2.05, 4.69) is 13.8 Å². The smallest absolute Gasteiger partial charge is 0.133 e. The van der Waals surface area contributed by atoms with E-state index in [1.54, 1.807) is 0 Å². The second kappa shape index (κ2) is 5.17. The number of hydrogen-bond acceptors (Lipinski definition) is 2. The Kier molecular flexibility index (Phi) is 3.56. The molecule has 4 fully saturated rings. The van der Waals surface area contributed by atoms with Crippen molar-refractivity contribution in [1.29, 1.82) is 0 Å². The van der Waals surface area contributed by atoms with E-state index < -0.39 is 0 Å². The zero-order valence-corrected chi connectivity index (χ0v) is 15.1. The van der Waals surface area contributed by atoms with E-state index in [0.717, 1.165) is 43.4 Å². The Labute approximate surface area is 140 Å². The molecular weight excluding hydrogens is 284 g/mol. The normalized spacial score (nSPS) is 52.5. The summed E-state index contributed by atoms with van der Waals surface area (Å²) < 4.78 is 0. The Morgan fingerprint density at radius 1 is 0.957 bits per heavy atom. The highest BCUT2D eigenvalue weighted by Gasteiger charge is 2.60. The van der Waals surface area contributed by atoms with E-state index in [1.807, 2.05) is 6.92 Å². The number of carbonyl (C=O) groups is 2. The summed E-state index contributed by atoms with van der Waals surface area (Å²) in [6.45, 7) is 6.74. The van der Waals surface area contributed by atoms with Crippen molar-refractivity contribution in [3.63, 3.8) is 0 Å². The number of fused-ring (bicyclic) bond motifs is 5. The standard InChI is InChI=1S/C21H32O2/c1-13(22)17-6-7-18-16-5-4-14-12-15(23)8-10-20(14,2)19(16)9-11-21(17,18)3/h14,16-19H,4-12H2,1-3H3/t14-,16-,17+,18-,19-,20+,21-/m1/s1. The van der Waals surface area contributed by atoms with Crippen LogP contribution >= 0.6 is 0 Å². The summed E-state index contributed by atoms with van der Waals surface area (Å²) in [6.07, 6.45) is 10.3. The van der Waals surface area contributed by atoms with Gasteiger partial charge in [-0.05, 0) is 86.4 Å². The van der Waals surface area contributed by atoms with Gasteiger partial charge in [-0.2, -0.15) is 0 Å². The molecule has 7 atom stereocenters. The first-order chi connectivity index (χ1) is 10.9. The zero-order chi connectivity index (χ0) is 16.4. The molecule has 0 aromatic carbocycles. The molecule has 0 aliphatic heterocycles. The molecule has 128 valence electrons. The van der Waals surface area contributed by atoms with Crippen LogP contribution in [0.1, 0.15) is 78.6 Å². The van der Waals surface area contributed by atoms with Gasteiger partial charge >= 0.3 is 0 Å². The van der Waals surface area contributed by atoms with E-state index in [9.17, 15) is 9.59 Å². The van der Waals surface area contributed by atoms with Gasteiger partial charge in [-0.25, -0.2) is 0 Å². The first-order valence-corrected chi connectivity index (χ1v) is 9.88. The molecule has 0 amide bonds. The molecule has 4 saturated carbocycles. The van der Waals surface area contributed by atoms with Crippen LogP contribution in [0.5, 0.6) is 0 Å². The quantitative estimate of drug-likeness (QED) is 0.696. The van der Waals surface area contributed by atoms with Gasteiger partial charge in [-0.15, -0.1) is 0 Å². The van der Waals surface area contributed by atoms with Crippen LogP contribution in [0.4, 0.5) is 0 Å². The first kappa shape index (κ1) is 15.8. The average Bonchev–Trinajstić information content (AvgIpc) is 2.85. The fraction of sp³-hybridized carbons (Fsp3) is 0.905. The van der Waals surface area contributed by atoms with Gasteiger partial charge in [0.1, 0.15) is 11.6 Å². The molecule has 0 aromatic heterocycles. The van der Waals surface area contributed by atoms with Crippen molar-refractivity contribution >= 4 is 11.6 Å². The van der Waals surface area contributed by atoms with Crippen LogP contribution in [0.15, 0.2) is 0 Å². The Morgan fingerprint density at radius 2 is 1.70 bits per heavy atom. The predicted octanol–water partition coefficient (Wildman–Crippen LogP) is 4.80. The van der Waals surface area contributed by atoms with Crippen molar-refractivity contribution in [2.45, 2.75) is 78.6 Å². The molecule has 2 heteroatoms. The van der Waals surface area contributed by atoms with Crippen molar-refractivity contribution in [3.8, 4) is 0 Å². The number of carbonyl (C=O) groups excluding carboxylic acids is 2. The second-order valence-corrected chi connectivity index (χ2v) is 9.68. The fourth-order valence-corrected chi connectivity index (χ4v) is 7.71. The molecule has 2 nitrogen and oxygen atoms in total. The fourth-order valence-electron chi connectivity index (χ4n) is 7.71. The summed E-state index contributed by atoms with van der Waals surface area (Å²) in [5.74, 6) is 4.25. The lowest BCUT2D eigenvalue weighted by Crippen LogP contribution is -2.53. The third-order valence-corrected chi connectivity index (χ3v) is 8.97. The van der Waals surface area contributed by atoms with Crippen LogP contribution in [0.2, 0.25) is 0 Å². The molecule has 23 heavy (non-hydrogen) atoms. The maximum atomic E-state index is 12.2. The summed E-state index contributed by atoms with van der Waals surface area (Å²) >= 11 is 0. The first-order valence-electron chi connectivity index (χ1n) is 9.88. The Balaban J connectivity index is 1.63. The largest absolute Gasteiger partial charge is 0.300 e. The van der Waals surface area contributed by atoms with Crippen LogP contribution in [0, 0.1) is 40.4 Å². The van der Waals surface area contributed by atoms with Gasteiger partial charge in [0.05, 0.1) is 0 Å². The van der Waals surface area contributed by atoms with Crippen molar-refractivity contribution in [2.75, 3.05) is 0 Å². The van der Waals surface area contributed by atoms with Crippen LogP contribution in [-0.2, 0) is 9.59 Å². The number of ketones is 2. The van der Waals surface area contributed by atoms with Gasteiger partial charge in [0.2, 0.25) is 0 Å².